The highest BCUT2D eigenvalue weighted by Crippen LogP contribution is 2.31. The first kappa shape index (κ1) is 8.85. The number of benzene rings is 1. The number of hydrogen-bond acceptors (Lipinski definition) is 2. The topological polar surface area (TPSA) is 26.0 Å². The lowest BCUT2D eigenvalue weighted by Gasteiger charge is -2.06. The first-order valence-electron chi connectivity index (χ1n) is 4.05. The van der Waals surface area contributed by atoms with Crippen LogP contribution in [0.15, 0.2) is 17.5 Å². The number of nitrogen functional groups attached to an aromatic ring is 1. The molecule has 0 aliphatic rings. The van der Waals surface area contributed by atoms with Crippen LogP contribution >= 0.6 is 22.9 Å². The molecule has 0 unspecified atom stereocenters. The smallest absolute Gasteiger partial charge is 0.0495 e. The molecule has 0 spiro atoms. The summed E-state index contributed by atoms with van der Waals surface area (Å²) in [7, 11) is 0. The SMILES string of the molecule is Cc1c(N)c(CCl)cc2sccc12. The molecule has 0 atom stereocenters. The van der Waals surface area contributed by atoms with Crippen LogP contribution in [0.1, 0.15) is 11.1 Å². The van der Waals surface area contributed by atoms with Crippen LogP contribution in [-0.2, 0) is 5.88 Å². The van der Waals surface area contributed by atoms with E-state index in [1.807, 2.05) is 6.92 Å². The lowest BCUT2D eigenvalue weighted by Crippen LogP contribution is -1.95. The predicted molar refractivity (Wildman–Crippen MR) is 60.5 cm³/mol. The van der Waals surface area contributed by atoms with Crippen LogP contribution in [0.3, 0.4) is 0 Å². The summed E-state index contributed by atoms with van der Waals surface area (Å²) >= 11 is 7.52. The van der Waals surface area contributed by atoms with Crippen molar-refractivity contribution in [1.29, 1.82) is 0 Å². The second-order valence-electron chi connectivity index (χ2n) is 3.04. The number of rotatable bonds is 1. The van der Waals surface area contributed by atoms with Crippen LogP contribution in [-0.4, -0.2) is 0 Å². The van der Waals surface area contributed by atoms with Gasteiger partial charge in [-0.15, -0.1) is 22.9 Å². The quantitative estimate of drug-likeness (QED) is 0.567. The summed E-state index contributed by atoms with van der Waals surface area (Å²) in [5, 5.41) is 3.33. The highest BCUT2D eigenvalue weighted by atomic mass is 35.5. The third kappa shape index (κ3) is 1.30. The first-order chi connectivity index (χ1) is 6.24. The average molecular weight is 212 g/mol. The van der Waals surface area contributed by atoms with Crippen molar-refractivity contribution < 1.29 is 0 Å². The first-order valence-corrected chi connectivity index (χ1v) is 5.46. The standard InChI is InChI=1S/C10H10ClNS/c1-6-8-2-3-13-9(8)4-7(5-11)10(6)12/h2-4H,5,12H2,1H3. The monoisotopic (exact) mass is 211 g/mol. The highest BCUT2D eigenvalue weighted by molar-refractivity contribution is 7.17. The Hall–Kier alpha value is -0.730. The van der Waals surface area contributed by atoms with Crippen molar-refractivity contribution in [3.05, 3.63) is 28.6 Å². The zero-order valence-corrected chi connectivity index (χ0v) is 8.88. The van der Waals surface area contributed by atoms with E-state index in [2.05, 4.69) is 17.5 Å². The Balaban J connectivity index is 2.83. The number of aryl methyl sites for hydroxylation is 1. The van der Waals surface area contributed by atoms with Gasteiger partial charge >= 0.3 is 0 Å². The van der Waals surface area contributed by atoms with E-state index in [0.29, 0.717) is 5.88 Å². The van der Waals surface area contributed by atoms with Gasteiger partial charge < -0.3 is 5.73 Å². The number of anilines is 1. The predicted octanol–water partition coefficient (Wildman–Crippen LogP) is 3.53. The Labute approximate surface area is 86.1 Å². The lowest BCUT2D eigenvalue weighted by molar-refractivity contribution is 1.39. The molecule has 0 amide bonds. The van der Waals surface area contributed by atoms with E-state index in [-0.39, 0.29) is 0 Å². The van der Waals surface area contributed by atoms with Gasteiger partial charge in [-0.3, -0.25) is 0 Å². The summed E-state index contributed by atoms with van der Waals surface area (Å²) in [6.45, 7) is 2.04. The van der Waals surface area contributed by atoms with Crippen LogP contribution in [0.2, 0.25) is 0 Å². The van der Waals surface area contributed by atoms with E-state index in [9.17, 15) is 0 Å². The molecule has 2 aromatic rings. The molecule has 0 fully saturated rings. The minimum atomic E-state index is 0.487. The van der Waals surface area contributed by atoms with Gasteiger partial charge in [-0.1, -0.05) is 0 Å². The summed E-state index contributed by atoms with van der Waals surface area (Å²) in [4.78, 5) is 0. The van der Waals surface area contributed by atoms with E-state index in [4.69, 9.17) is 17.3 Å². The van der Waals surface area contributed by atoms with Crippen molar-refractivity contribution in [3.63, 3.8) is 0 Å². The van der Waals surface area contributed by atoms with Crippen molar-refractivity contribution in [1.82, 2.24) is 0 Å². The second kappa shape index (κ2) is 3.20. The fourth-order valence-electron chi connectivity index (χ4n) is 1.48. The van der Waals surface area contributed by atoms with Gasteiger partial charge in [0, 0.05) is 16.3 Å². The summed E-state index contributed by atoms with van der Waals surface area (Å²) < 4.78 is 1.27. The normalized spacial score (nSPS) is 10.9. The van der Waals surface area contributed by atoms with E-state index in [0.717, 1.165) is 16.8 Å². The maximum absolute atomic E-state index is 5.94. The van der Waals surface area contributed by atoms with Gasteiger partial charge in [0.1, 0.15) is 0 Å². The Morgan fingerprint density at radius 1 is 1.54 bits per heavy atom. The van der Waals surface area contributed by atoms with Gasteiger partial charge in [-0.25, -0.2) is 0 Å². The Morgan fingerprint density at radius 2 is 2.31 bits per heavy atom. The van der Waals surface area contributed by atoms with Gasteiger partial charge in [0.15, 0.2) is 0 Å². The van der Waals surface area contributed by atoms with E-state index in [1.54, 1.807) is 11.3 Å². The number of halogens is 1. The van der Waals surface area contributed by atoms with Crippen LogP contribution in [0.4, 0.5) is 5.69 Å². The van der Waals surface area contributed by atoms with E-state index >= 15 is 0 Å². The molecule has 1 aromatic heterocycles. The van der Waals surface area contributed by atoms with Gasteiger partial charge in [-0.05, 0) is 40.9 Å². The van der Waals surface area contributed by atoms with Crippen LogP contribution < -0.4 is 5.73 Å². The minimum Gasteiger partial charge on any atom is -0.398 e. The molecular formula is C10H10ClNS. The molecule has 13 heavy (non-hydrogen) atoms. The molecule has 3 heteroatoms. The molecule has 2 N–H and O–H groups in total. The molecule has 0 aliphatic heterocycles. The fraction of sp³-hybridized carbons (Fsp3) is 0.200. The molecule has 0 saturated heterocycles. The molecule has 1 heterocycles. The van der Waals surface area contributed by atoms with Crippen LogP contribution in [0.5, 0.6) is 0 Å². The van der Waals surface area contributed by atoms with E-state index in [1.165, 1.54) is 10.1 Å². The fourth-order valence-corrected chi connectivity index (χ4v) is 2.61. The van der Waals surface area contributed by atoms with E-state index < -0.39 is 0 Å². The molecule has 0 saturated carbocycles. The lowest BCUT2D eigenvalue weighted by atomic mass is 10.1. The molecule has 2 rings (SSSR count). The van der Waals surface area contributed by atoms with Crippen LogP contribution in [0.25, 0.3) is 10.1 Å². The molecule has 0 bridgehead atoms. The Bertz CT molecular complexity index is 447. The Kier molecular flexibility index (Phi) is 2.18. The maximum Gasteiger partial charge on any atom is 0.0495 e. The van der Waals surface area contributed by atoms with Gasteiger partial charge in [-0.2, -0.15) is 0 Å². The highest BCUT2D eigenvalue weighted by Gasteiger charge is 2.06. The maximum atomic E-state index is 5.94. The summed E-state index contributed by atoms with van der Waals surface area (Å²) in [6.07, 6.45) is 0. The van der Waals surface area contributed by atoms with Crippen molar-refractivity contribution in [2.24, 2.45) is 0 Å². The number of nitrogens with two attached hydrogens (primary N) is 1. The number of fused-ring (bicyclic) bond motifs is 1. The second-order valence-corrected chi connectivity index (χ2v) is 4.26. The molecule has 0 aliphatic carbocycles. The zero-order chi connectivity index (χ0) is 9.42. The van der Waals surface area contributed by atoms with Crippen LogP contribution in [0, 0.1) is 6.92 Å². The Morgan fingerprint density at radius 3 is 3.00 bits per heavy atom. The van der Waals surface area contributed by atoms with Crippen molar-refractivity contribution >= 4 is 38.7 Å². The molecular weight excluding hydrogens is 202 g/mol. The third-order valence-corrected chi connectivity index (χ3v) is 3.45. The average Bonchev–Trinajstić information content (AvgIpc) is 2.59. The van der Waals surface area contributed by atoms with Crippen molar-refractivity contribution in [3.8, 4) is 0 Å². The van der Waals surface area contributed by atoms with Gasteiger partial charge in [0.25, 0.3) is 0 Å². The molecule has 0 radical (unpaired) electrons. The number of hydrogen-bond donors (Lipinski definition) is 1. The summed E-state index contributed by atoms with van der Waals surface area (Å²) in [5.41, 5.74) is 8.96. The van der Waals surface area contributed by atoms with Crippen molar-refractivity contribution in [2.45, 2.75) is 12.8 Å². The number of thiophene rings is 1. The molecule has 1 aromatic carbocycles. The summed E-state index contributed by atoms with van der Waals surface area (Å²) in [5.74, 6) is 0.487. The minimum absolute atomic E-state index is 0.487. The third-order valence-electron chi connectivity index (χ3n) is 2.30. The largest absolute Gasteiger partial charge is 0.398 e. The van der Waals surface area contributed by atoms with Crippen molar-refractivity contribution in [2.75, 3.05) is 5.73 Å². The molecule has 1 nitrogen and oxygen atoms in total. The van der Waals surface area contributed by atoms with Gasteiger partial charge in [0.2, 0.25) is 0 Å². The molecule has 68 valence electrons. The van der Waals surface area contributed by atoms with Gasteiger partial charge in [0.05, 0.1) is 0 Å². The summed E-state index contributed by atoms with van der Waals surface area (Å²) in [6, 6.07) is 4.18. The number of alkyl halides is 1. The zero-order valence-electron chi connectivity index (χ0n) is 7.30.